The fourth-order valence-corrected chi connectivity index (χ4v) is 3.67. The number of carbonyl (C=O) groups is 1. The molecule has 1 aromatic carbocycles. The molecule has 2 rings (SSSR count). The zero-order valence-corrected chi connectivity index (χ0v) is 13.5. The number of rotatable bonds is 5. The van der Waals surface area contributed by atoms with Gasteiger partial charge in [-0.3, -0.25) is 9.79 Å². The van der Waals surface area contributed by atoms with Crippen LogP contribution in [0.1, 0.15) is 31.7 Å². The molecule has 0 bridgehead atoms. The second kappa shape index (κ2) is 7.74. The minimum absolute atomic E-state index is 0.0292. The van der Waals surface area contributed by atoms with E-state index >= 15 is 0 Å². The van der Waals surface area contributed by atoms with Crippen molar-refractivity contribution in [1.82, 2.24) is 0 Å². The van der Waals surface area contributed by atoms with Crippen molar-refractivity contribution in [1.29, 1.82) is 0 Å². The molecule has 0 unspecified atom stereocenters. The molecule has 20 heavy (non-hydrogen) atoms. The normalized spacial score (nSPS) is 15.8. The first kappa shape index (κ1) is 15.4. The SMILES string of the molecule is CC[C@@H](C)c1ccc(NC(=O)CSC2=NCCS2)cc1. The van der Waals surface area contributed by atoms with Crippen LogP contribution in [-0.2, 0) is 4.79 Å². The number of anilines is 1. The summed E-state index contributed by atoms with van der Waals surface area (Å²) in [5.74, 6) is 2.06. The molecule has 0 saturated carbocycles. The van der Waals surface area contributed by atoms with E-state index in [0.29, 0.717) is 11.7 Å². The lowest BCUT2D eigenvalue weighted by atomic mass is 9.99. The minimum atomic E-state index is 0.0292. The Morgan fingerprint density at radius 3 is 2.80 bits per heavy atom. The summed E-state index contributed by atoms with van der Waals surface area (Å²) < 4.78 is 1.03. The van der Waals surface area contributed by atoms with Gasteiger partial charge in [0.05, 0.1) is 12.3 Å². The fourth-order valence-electron chi connectivity index (χ4n) is 1.86. The molecule has 0 aromatic heterocycles. The smallest absolute Gasteiger partial charge is 0.234 e. The van der Waals surface area contributed by atoms with Gasteiger partial charge in [0.25, 0.3) is 0 Å². The summed E-state index contributed by atoms with van der Waals surface area (Å²) in [5.41, 5.74) is 2.18. The van der Waals surface area contributed by atoms with E-state index in [1.54, 1.807) is 11.8 Å². The van der Waals surface area contributed by atoms with Crippen LogP contribution < -0.4 is 5.32 Å². The first-order valence-corrected chi connectivity index (χ1v) is 8.86. The molecule has 1 atom stereocenters. The number of benzene rings is 1. The third kappa shape index (κ3) is 4.56. The van der Waals surface area contributed by atoms with Crippen LogP contribution in [-0.4, -0.2) is 28.3 Å². The molecule has 1 N–H and O–H groups in total. The summed E-state index contributed by atoms with van der Waals surface area (Å²) in [6, 6.07) is 8.14. The highest BCUT2D eigenvalue weighted by Gasteiger charge is 2.10. The Hall–Kier alpha value is -0.940. The van der Waals surface area contributed by atoms with Crippen molar-refractivity contribution in [2.24, 2.45) is 4.99 Å². The van der Waals surface area contributed by atoms with Crippen molar-refractivity contribution in [3.63, 3.8) is 0 Å². The zero-order valence-electron chi connectivity index (χ0n) is 11.9. The van der Waals surface area contributed by atoms with Gasteiger partial charge in [0, 0.05) is 11.4 Å². The summed E-state index contributed by atoms with van der Waals surface area (Å²) in [5, 5.41) is 2.93. The van der Waals surface area contributed by atoms with Gasteiger partial charge in [-0.05, 0) is 30.0 Å². The van der Waals surface area contributed by atoms with Gasteiger partial charge in [-0.1, -0.05) is 49.5 Å². The lowest BCUT2D eigenvalue weighted by molar-refractivity contribution is -0.113. The fraction of sp³-hybridized carbons (Fsp3) is 0.467. The van der Waals surface area contributed by atoms with Gasteiger partial charge in [0.1, 0.15) is 4.38 Å². The lowest BCUT2D eigenvalue weighted by Crippen LogP contribution is -2.14. The van der Waals surface area contributed by atoms with Crippen LogP contribution in [0.5, 0.6) is 0 Å². The number of carbonyl (C=O) groups excluding carboxylic acids is 1. The third-order valence-corrected chi connectivity index (χ3v) is 5.51. The molecule has 3 nitrogen and oxygen atoms in total. The number of nitrogens with one attached hydrogen (secondary N) is 1. The van der Waals surface area contributed by atoms with Crippen LogP contribution in [0.4, 0.5) is 5.69 Å². The largest absolute Gasteiger partial charge is 0.325 e. The molecule has 108 valence electrons. The molecular formula is C15H20N2OS2. The van der Waals surface area contributed by atoms with Crippen molar-refractivity contribution >= 4 is 39.5 Å². The first-order chi connectivity index (χ1) is 9.69. The molecule has 0 saturated heterocycles. The monoisotopic (exact) mass is 308 g/mol. The number of hydrogen-bond donors (Lipinski definition) is 1. The molecule has 1 aromatic rings. The van der Waals surface area contributed by atoms with Crippen molar-refractivity contribution in [3.8, 4) is 0 Å². The van der Waals surface area contributed by atoms with E-state index < -0.39 is 0 Å². The Morgan fingerprint density at radius 1 is 1.45 bits per heavy atom. The van der Waals surface area contributed by atoms with Crippen molar-refractivity contribution in [2.75, 3.05) is 23.4 Å². The minimum Gasteiger partial charge on any atom is -0.325 e. The summed E-state index contributed by atoms with van der Waals surface area (Å²) in [6.45, 7) is 5.28. The van der Waals surface area contributed by atoms with Gasteiger partial charge in [-0.2, -0.15) is 0 Å². The average molecular weight is 308 g/mol. The highest BCUT2D eigenvalue weighted by molar-refractivity contribution is 8.39. The molecule has 1 aliphatic heterocycles. The summed E-state index contributed by atoms with van der Waals surface area (Å²) >= 11 is 3.26. The van der Waals surface area contributed by atoms with Crippen LogP contribution in [0, 0.1) is 0 Å². The van der Waals surface area contributed by atoms with E-state index in [2.05, 4.69) is 36.3 Å². The van der Waals surface area contributed by atoms with E-state index in [1.807, 2.05) is 12.1 Å². The second-order valence-electron chi connectivity index (χ2n) is 4.76. The Kier molecular flexibility index (Phi) is 5.98. The van der Waals surface area contributed by atoms with Crippen molar-refractivity contribution in [2.45, 2.75) is 26.2 Å². The van der Waals surface area contributed by atoms with Gasteiger partial charge in [-0.15, -0.1) is 0 Å². The van der Waals surface area contributed by atoms with E-state index in [9.17, 15) is 4.79 Å². The van der Waals surface area contributed by atoms with E-state index in [-0.39, 0.29) is 5.91 Å². The third-order valence-electron chi connectivity index (χ3n) is 3.26. The molecule has 1 aliphatic rings. The molecule has 5 heteroatoms. The zero-order chi connectivity index (χ0) is 14.4. The average Bonchev–Trinajstić information content (AvgIpc) is 2.98. The highest BCUT2D eigenvalue weighted by atomic mass is 32.2. The summed E-state index contributed by atoms with van der Waals surface area (Å²) in [4.78, 5) is 16.2. The maximum Gasteiger partial charge on any atom is 0.234 e. The molecule has 0 radical (unpaired) electrons. The maximum atomic E-state index is 11.8. The molecule has 1 amide bonds. The first-order valence-electron chi connectivity index (χ1n) is 6.89. The summed E-state index contributed by atoms with van der Waals surface area (Å²) in [6.07, 6.45) is 1.13. The number of aliphatic imine (C=N–C) groups is 1. The van der Waals surface area contributed by atoms with Gasteiger partial charge >= 0.3 is 0 Å². The van der Waals surface area contributed by atoms with Crippen LogP contribution in [0.2, 0.25) is 0 Å². The summed E-state index contributed by atoms with van der Waals surface area (Å²) in [7, 11) is 0. The molecule has 0 spiro atoms. The predicted molar refractivity (Wildman–Crippen MR) is 91.0 cm³/mol. The van der Waals surface area contributed by atoms with Crippen molar-refractivity contribution < 1.29 is 4.79 Å². The predicted octanol–water partition coefficient (Wildman–Crippen LogP) is 3.97. The van der Waals surface area contributed by atoms with Crippen LogP contribution in [0.15, 0.2) is 29.3 Å². The Bertz CT molecular complexity index is 485. The van der Waals surface area contributed by atoms with Gasteiger partial charge in [0.15, 0.2) is 0 Å². The van der Waals surface area contributed by atoms with Crippen molar-refractivity contribution in [3.05, 3.63) is 29.8 Å². The van der Waals surface area contributed by atoms with Crippen LogP contribution in [0.25, 0.3) is 0 Å². The Balaban J connectivity index is 1.81. The standard InChI is InChI=1S/C15H20N2OS2/c1-3-11(2)12-4-6-13(7-5-12)17-14(18)10-20-15-16-8-9-19-15/h4-7,11H,3,8-10H2,1-2H3,(H,17,18)/t11-/m1/s1. The van der Waals surface area contributed by atoms with Gasteiger partial charge in [-0.25, -0.2) is 0 Å². The number of hydrogen-bond acceptors (Lipinski definition) is 4. The molecule has 1 heterocycles. The highest BCUT2D eigenvalue weighted by Crippen LogP contribution is 2.23. The molecular weight excluding hydrogens is 288 g/mol. The van der Waals surface area contributed by atoms with Crippen LogP contribution in [0.3, 0.4) is 0 Å². The van der Waals surface area contributed by atoms with Gasteiger partial charge < -0.3 is 5.32 Å². The molecule has 0 fully saturated rings. The Morgan fingerprint density at radius 2 is 2.20 bits per heavy atom. The second-order valence-corrected chi connectivity index (χ2v) is 7.07. The lowest BCUT2D eigenvalue weighted by Gasteiger charge is -2.10. The van der Waals surface area contributed by atoms with Crippen LogP contribution >= 0.6 is 23.5 Å². The molecule has 0 aliphatic carbocycles. The van der Waals surface area contributed by atoms with E-state index in [1.165, 1.54) is 17.3 Å². The quantitative estimate of drug-likeness (QED) is 0.894. The number of nitrogens with zero attached hydrogens (tertiary/aromatic N) is 1. The number of amides is 1. The van der Waals surface area contributed by atoms with E-state index in [4.69, 9.17) is 0 Å². The Labute approximate surface area is 129 Å². The maximum absolute atomic E-state index is 11.8. The van der Waals surface area contributed by atoms with Gasteiger partial charge in [0.2, 0.25) is 5.91 Å². The topological polar surface area (TPSA) is 41.5 Å². The van der Waals surface area contributed by atoms with E-state index in [0.717, 1.165) is 28.8 Å². The number of thioether (sulfide) groups is 2.